The number of anilines is 4. The predicted octanol–water partition coefficient (Wildman–Crippen LogP) is 3.65. The fraction of sp³-hybridized carbons (Fsp3) is 0.576. The monoisotopic (exact) mass is 618 g/mol. The van der Waals surface area contributed by atoms with E-state index in [1.807, 2.05) is 23.1 Å². The van der Waals surface area contributed by atoms with Crippen LogP contribution >= 0.6 is 0 Å². The lowest BCUT2D eigenvalue weighted by molar-refractivity contribution is -0.145. The number of fused-ring (bicyclic) bond motifs is 3. The first-order chi connectivity index (χ1) is 21.1. The minimum absolute atomic E-state index is 0.0395. The van der Waals surface area contributed by atoms with Gasteiger partial charge in [0.2, 0.25) is 15.9 Å². The van der Waals surface area contributed by atoms with Crippen LogP contribution in [0.1, 0.15) is 44.9 Å². The number of carbonyl (C=O) groups excluding carboxylic acids is 2. The number of urea groups is 1. The quantitative estimate of drug-likeness (QED) is 0.528. The van der Waals surface area contributed by atoms with E-state index in [2.05, 4.69) is 45.4 Å². The molecular formula is C33H42N6O4S. The molecule has 9 rings (SSSR count). The van der Waals surface area contributed by atoms with Gasteiger partial charge < -0.3 is 20.9 Å². The van der Waals surface area contributed by atoms with E-state index in [0.29, 0.717) is 43.9 Å². The highest BCUT2D eigenvalue weighted by Crippen LogP contribution is 2.60. The van der Waals surface area contributed by atoms with E-state index in [-0.39, 0.29) is 35.5 Å². The summed E-state index contributed by atoms with van der Waals surface area (Å²) in [5.41, 5.74) is 9.59. The lowest BCUT2D eigenvalue weighted by Gasteiger charge is -2.59. The van der Waals surface area contributed by atoms with E-state index < -0.39 is 10.0 Å². The van der Waals surface area contributed by atoms with Crippen LogP contribution in [0.25, 0.3) is 0 Å². The maximum absolute atomic E-state index is 13.8. The van der Waals surface area contributed by atoms with Gasteiger partial charge >= 0.3 is 6.03 Å². The molecule has 3 heterocycles. The van der Waals surface area contributed by atoms with Crippen molar-refractivity contribution in [3.63, 3.8) is 0 Å². The molecule has 2 unspecified atom stereocenters. The molecule has 2 saturated heterocycles. The summed E-state index contributed by atoms with van der Waals surface area (Å²) in [6, 6.07) is 16.8. The summed E-state index contributed by atoms with van der Waals surface area (Å²) in [6.07, 6.45) is 7.83. The first-order valence-electron chi connectivity index (χ1n) is 16.2. The summed E-state index contributed by atoms with van der Waals surface area (Å²) in [5, 5.41) is 3.42. The summed E-state index contributed by atoms with van der Waals surface area (Å²) in [6.45, 7) is 2.67. The van der Waals surface area contributed by atoms with Crippen molar-refractivity contribution >= 4 is 44.7 Å². The van der Waals surface area contributed by atoms with Crippen LogP contribution in [0.2, 0.25) is 0 Å². The van der Waals surface area contributed by atoms with Crippen molar-refractivity contribution in [3.8, 4) is 0 Å². The summed E-state index contributed by atoms with van der Waals surface area (Å²) in [4.78, 5) is 32.7. The number of nitrogens with one attached hydrogen (secondary N) is 1. The molecule has 4 atom stereocenters. The van der Waals surface area contributed by atoms with Crippen molar-refractivity contribution < 1.29 is 18.0 Å². The summed E-state index contributed by atoms with van der Waals surface area (Å²) in [7, 11) is -3.20. The molecule has 0 radical (unpaired) electrons. The zero-order valence-corrected chi connectivity index (χ0v) is 26.1. The highest BCUT2D eigenvalue weighted by molar-refractivity contribution is 7.88. The number of primary amides is 1. The molecule has 4 aliphatic carbocycles. The largest absolute Gasteiger partial charge is 0.369 e. The summed E-state index contributed by atoms with van der Waals surface area (Å²) < 4.78 is 26.4. The number of nitrogens with zero attached hydrogens (tertiary/aromatic N) is 4. The third-order valence-corrected chi connectivity index (χ3v) is 13.0. The molecule has 0 spiro atoms. The van der Waals surface area contributed by atoms with Crippen LogP contribution < -0.4 is 25.8 Å². The second-order valence-electron chi connectivity index (χ2n) is 14.3. The number of rotatable bonds is 5. The maximum atomic E-state index is 13.8. The van der Waals surface area contributed by atoms with Gasteiger partial charge in [0, 0.05) is 61.1 Å². The number of para-hydroxylation sites is 2. The molecule has 3 aliphatic heterocycles. The van der Waals surface area contributed by atoms with Gasteiger partial charge in [-0.2, -0.15) is 4.31 Å². The highest BCUT2D eigenvalue weighted by Gasteiger charge is 2.58. The van der Waals surface area contributed by atoms with Crippen LogP contribution in [0, 0.1) is 23.2 Å². The summed E-state index contributed by atoms with van der Waals surface area (Å²) >= 11 is 0. The molecule has 3 amide bonds. The van der Waals surface area contributed by atoms with Gasteiger partial charge in [-0.1, -0.05) is 12.1 Å². The average molecular weight is 619 g/mol. The van der Waals surface area contributed by atoms with Crippen molar-refractivity contribution in [1.82, 2.24) is 9.62 Å². The second-order valence-corrected chi connectivity index (χ2v) is 16.2. The molecule has 6 bridgehead atoms. The SMILES string of the molecule is CS(=O)(=O)N1[C@@H]2CC[C@@H]1CN(c1ccc(N3CCN(C(=O)NC4C5CC6CC4CC(C(N)=O)(C6)C5)c4ccccc43)cc1)C2. The molecule has 11 heteroatoms. The minimum Gasteiger partial charge on any atom is -0.369 e. The third kappa shape index (κ3) is 4.49. The lowest BCUT2D eigenvalue weighted by Crippen LogP contribution is -2.63. The van der Waals surface area contributed by atoms with Crippen LogP contribution in [-0.4, -0.2) is 75.2 Å². The molecule has 0 aromatic heterocycles. The first kappa shape index (κ1) is 28.2. The predicted molar refractivity (Wildman–Crippen MR) is 170 cm³/mol. The third-order valence-electron chi connectivity index (χ3n) is 11.7. The second kappa shape index (κ2) is 10.1. The van der Waals surface area contributed by atoms with E-state index in [0.717, 1.165) is 67.7 Å². The number of sulfonamides is 1. The van der Waals surface area contributed by atoms with Gasteiger partial charge in [0.15, 0.2) is 0 Å². The lowest BCUT2D eigenvalue weighted by atomic mass is 9.47. The number of benzene rings is 2. The number of carbonyl (C=O) groups is 2. The van der Waals surface area contributed by atoms with Gasteiger partial charge in [0.25, 0.3) is 0 Å². The molecule has 7 aliphatic rings. The molecule has 2 aromatic rings. The Morgan fingerprint density at radius 3 is 2.09 bits per heavy atom. The van der Waals surface area contributed by atoms with Crippen molar-refractivity contribution in [1.29, 1.82) is 0 Å². The van der Waals surface area contributed by atoms with E-state index in [1.165, 1.54) is 6.26 Å². The normalized spacial score (nSPS) is 34.2. The van der Waals surface area contributed by atoms with Gasteiger partial charge in [0.05, 0.1) is 17.6 Å². The highest BCUT2D eigenvalue weighted by atomic mass is 32.2. The van der Waals surface area contributed by atoms with Crippen LogP contribution in [0.4, 0.5) is 27.5 Å². The standard InChI is InChI=1S/C33H42N6O4S/c1-44(42,43)39-26-10-11-27(39)20-36(19-26)24-6-8-25(9-7-24)37-12-13-38(29-5-3-2-4-28(29)37)32(41)35-30-22-14-21-15-23(30)18-33(16-21,17-22)31(34)40/h2-9,21-23,26-27,30H,10-20H2,1H3,(H2,34,40)(H,35,41)/t21?,22?,23?,26-,27-,30?,33?/m1/s1. The Hall–Kier alpha value is -3.31. The van der Waals surface area contributed by atoms with Gasteiger partial charge in [0.1, 0.15) is 0 Å². The van der Waals surface area contributed by atoms with Crippen LogP contribution in [0.5, 0.6) is 0 Å². The number of amides is 3. The minimum atomic E-state index is -3.20. The van der Waals surface area contributed by atoms with Crippen molar-refractivity contribution in [3.05, 3.63) is 48.5 Å². The van der Waals surface area contributed by atoms with Gasteiger partial charge in [-0.15, -0.1) is 0 Å². The molecule has 4 saturated carbocycles. The van der Waals surface area contributed by atoms with E-state index in [4.69, 9.17) is 5.73 Å². The maximum Gasteiger partial charge on any atom is 0.322 e. The molecule has 10 nitrogen and oxygen atoms in total. The van der Waals surface area contributed by atoms with Crippen molar-refractivity contribution in [2.24, 2.45) is 28.9 Å². The van der Waals surface area contributed by atoms with Crippen LogP contribution in [-0.2, 0) is 14.8 Å². The topological polar surface area (TPSA) is 119 Å². The Kier molecular flexibility index (Phi) is 6.47. The zero-order chi connectivity index (χ0) is 30.4. The molecule has 44 heavy (non-hydrogen) atoms. The fourth-order valence-electron chi connectivity index (χ4n) is 10.1. The van der Waals surface area contributed by atoms with Gasteiger partial charge in [-0.3, -0.25) is 9.69 Å². The number of piperazine rings is 1. The van der Waals surface area contributed by atoms with E-state index in [1.54, 1.807) is 4.31 Å². The molecular weight excluding hydrogens is 576 g/mol. The van der Waals surface area contributed by atoms with Crippen LogP contribution in [0.3, 0.4) is 0 Å². The Bertz CT molecular complexity index is 1570. The number of nitrogens with two attached hydrogens (primary N) is 1. The number of hydrogen-bond acceptors (Lipinski definition) is 6. The van der Waals surface area contributed by atoms with Crippen molar-refractivity contribution in [2.45, 2.75) is 63.1 Å². The van der Waals surface area contributed by atoms with Crippen LogP contribution in [0.15, 0.2) is 48.5 Å². The fourth-order valence-corrected chi connectivity index (χ4v) is 11.5. The van der Waals surface area contributed by atoms with Crippen molar-refractivity contribution in [2.75, 3.05) is 47.1 Å². The van der Waals surface area contributed by atoms with E-state index in [9.17, 15) is 18.0 Å². The zero-order valence-electron chi connectivity index (χ0n) is 25.3. The Labute approximate surface area is 259 Å². The smallest absolute Gasteiger partial charge is 0.322 e. The first-order valence-corrected chi connectivity index (χ1v) is 18.0. The Morgan fingerprint density at radius 2 is 1.48 bits per heavy atom. The Balaban J connectivity index is 0.974. The van der Waals surface area contributed by atoms with Gasteiger partial charge in [-0.05, 0) is 99.1 Å². The molecule has 3 N–H and O–H groups in total. The Morgan fingerprint density at radius 1 is 0.864 bits per heavy atom. The number of hydrogen-bond donors (Lipinski definition) is 2. The molecule has 2 aromatic carbocycles. The van der Waals surface area contributed by atoms with E-state index >= 15 is 0 Å². The van der Waals surface area contributed by atoms with Gasteiger partial charge in [-0.25, -0.2) is 13.2 Å². The molecule has 6 fully saturated rings. The molecule has 234 valence electrons. The summed E-state index contributed by atoms with van der Waals surface area (Å²) in [5.74, 6) is 1.03. The average Bonchev–Trinajstić information content (AvgIpc) is 3.29.